The van der Waals surface area contributed by atoms with Gasteiger partial charge in [0.2, 0.25) is 5.89 Å². The summed E-state index contributed by atoms with van der Waals surface area (Å²) in [5.41, 5.74) is 1.80. The summed E-state index contributed by atoms with van der Waals surface area (Å²) < 4.78 is 48.7. The predicted octanol–water partition coefficient (Wildman–Crippen LogP) is 5.77. The van der Waals surface area contributed by atoms with Crippen LogP contribution in [0, 0.1) is 6.92 Å². The summed E-state index contributed by atoms with van der Waals surface area (Å²) in [6, 6.07) is 12.6. The first kappa shape index (κ1) is 18.8. The Hall–Kier alpha value is -3.02. The molecule has 0 fully saturated rings. The zero-order valence-electron chi connectivity index (χ0n) is 14.9. The Kier molecular flexibility index (Phi) is 5.35. The summed E-state index contributed by atoms with van der Waals surface area (Å²) in [7, 11) is 1.62. The summed E-state index contributed by atoms with van der Waals surface area (Å²) in [5.74, 6) is 1.94. The van der Waals surface area contributed by atoms with Gasteiger partial charge in [0.15, 0.2) is 0 Å². The van der Waals surface area contributed by atoms with Gasteiger partial charge in [-0.05, 0) is 48.4 Å². The second-order valence-electron chi connectivity index (χ2n) is 6.04. The molecule has 0 unspecified atom stereocenters. The van der Waals surface area contributed by atoms with E-state index in [0.29, 0.717) is 17.9 Å². The highest BCUT2D eigenvalue weighted by Crippen LogP contribution is 2.29. The zero-order chi connectivity index (χ0) is 19.4. The average Bonchev–Trinajstić information content (AvgIpc) is 3.00. The maximum absolute atomic E-state index is 12.6. The van der Waals surface area contributed by atoms with E-state index in [1.54, 1.807) is 19.3 Å². The summed E-state index contributed by atoms with van der Waals surface area (Å²) in [6.45, 7) is 1.86. The van der Waals surface area contributed by atoms with Gasteiger partial charge >= 0.3 is 6.18 Å². The van der Waals surface area contributed by atoms with Crippen molar-refractivity contribution in [3.63, 3.8) is 0 Å². The molecule has 0 spiro atoms. The van der Waals surface area contributed by atoms with Gasteiger partial charge in [-0.15, -0.1) is 0 Å². The van der Waals surface area contributed by atoms with E-state index in [0.717, 1.165) is 34.9 Å². The van der Waals surface area contributed by atoms with Crippen molar-refractivity contribution in [3.05, 3.63) is 82.6 Å². The molecule has 2 aromatic carbocycles. The van der Waals surface area contributed by atoms with Gasteiger partial charge in [0.1, 0.15) is 11.5 Å². The SMILES string of the molecule is COc1ccc(Cc2oc(/C=C/c3ccc(C(F)(F)F)cc3)nc2C)cc1. The molecule has 140 valence electrons. The number of alkyl halides is 3. The molecule has 0 aliphatic heterocycles. The van der Waals surface area contributed by atoms with Gasteiger partial charge in [-0.3, -0.25) is 0 Å². The van der Waals surface area contributed by atoms with E-state index in [9.17, 15) is 13.2 Å². The van der Waals surface area contributed by atoms with Crippen LogP contribution in [0.3, 0.4) is 0 Å². The number of oxazole rings is 1. The molecule has 6 heteroatoms. The molecule has 0 N–H and O–H groups in total. The van der Waals surface area contributed by atoms with E-state index in [1.807, 2.05) is 31.2 Å². The van der Waals surface area contributed by atoms with Crippen LogP contribution in [0.5, 0.6) is 5.75 Å². The second-order valence-corrected chi connectivity index (χ2v) is 6.04. The molecule has 0 aliphatic rings. The van der Waals surface area contributed by atoms with Gasteiger partial charge < -0.3 is 9.15 Å². The first-order valence-electron chi connectivity index (χ1n) is 8.30. The number of aryl methyl sites for hydroxylation is 1. The largest absolute Gasteiger partial charge is 0.497 e. The lowest BCUT2D eigenvalue weighted by molar-refractivity contribution is -0.137. The molecule has 3 rings (SSSR count). The van der Waals surface area contributed by atoms with Crippen molar-refractivity contribution in [1.82, 2.24) is 4.98 Å². The van der Waals surface area contributed by atoms with Crippen LogP contribution in [-0.4, -0.2) is 12.1 Å². The molecule has 0 saturated heterocycles. The quantitative estimate of drug-likeness (QED) is 0.569. The minimum absolute atomic E-state index is 0.413. The van der Waals surface area contributed by atoms with E-state index < -0.39 is 11.7 Å². The van der Waals surface area contributed by atoms with Gasteiger partial charge in [-0.2, -0.15) is 13.2 Å². The molecule has 0 atom stereocenters. The van der Waals surface area contributed by atoms with Crippen LogP contribution in [0.15, 0.2) is 52.9 Å². The molecular formula is C21H18F3NO2. The van der Waals surface area contributed by atoms with Crippen LogP contribution in [-0.2, 0) is 12.6 Å². The number of methoxy groups -OCH3 is 1. The van der Waals surface area contributed by atoms with Gasteiger partial charge in [0, 0.05) is 12.5 Å². The highest BCUT2D eigenvalue weighted by Gasteiger charge is 2.29. The molecular weight excluding hydrogens is 355 g/mol. The molecule has 1 heterocycles. The Morgan fingerprint density at radius 3 is 2.26 bits per heavy atom. The number of ether oxygens (including phenoxy) is 1. The zero-order valence-corrected chi connectivity index (χ0v) is 14.9. The van der Waals surface area contributed by atoms with Gasteiger partial charge in [0.05, 0.1) is 18.4 Å². The molecule has 3 aromatic rings. The number of benzene rings is 2. The van der Waals surface area contributed by atoms with Gasteiger partial charge in [-0.1, -0.05) is 24.3 Å². The van der Waals surface area contributed by atoms with Crippen molar-refractivity contribution in [2.75, 3.05) is 7.11 Å². The van der Waals surface area contributed by atoms with Crippen LogP contribution in [0.1, 0.15) is 34.0 Å². The Bertz CT molecular complexity index is 924. The minimum Gasteiger partial charge on any atom is -0.497 e. The maximum Gasteiger partial charge on any atom is 0.416 e. The number of aromatic nitrogens is 1. The minimum atomic E-state index is -4.34. The predicted molar refractivity (Wildman–Crippen MR) is 97.4 cm³/mol. The Labute approximate surface area is 155 Å². The molecule has 27 heavy (non-hydrogen) atoms. The standard InChI is InChI=1S/C21H18F3NO2/c1-14-19(13-16-5-10-18(26-2)11-6-16)27-20(25-14)12-7-15-3-8-17(9-4-15)21(22,23)24/h3-12H,13H2,1-2H3/b12-7+. The number of hydrogen-bond donors (Lipinski definition) is 0. The third-order valence-corrected chi connectivity index (χ3v) is 4.09. The van der Waals surface area contributed by atoms with E-state index in [-0.39, 0.29) is 0 Å². The van der Waals surface area contributed by atoms with Crippen molar-refractivity contribution >= 4 is 12.2 Å². The summed E-state index contributed by atoms with van der Waals surface area (Å²) in [5, 5.41) is 0. The first-order chi connectivity index (χ1) is 12.8. The molecule has 0 aliphatic carbocycles. The summed E-state index contributed by atoms with van der Waals surface area (Å²) >= 11 is 0. The summed E-state index contributed by atoms with van der Waals surface area (Å²) in [6.07, 6.45) is -0.426. The lowest BCUT2D eigenvalue weighted by Gasteiger charge is -2.05. The third kappa shape index (κ3) is 4.78. The van der Waals surface area contributed by atoms with E-state index in [4.69, 9.17) is 9.15 Å². The summed E-state index contributed by atoms with van der Waals surface area (Å²) in [4.78, 5) is 4.35. The van der Waals surface area contributed by atoms with E-state index >= 15 is 0 Å². The van der Waals surface area contributed by atoms with Crippen molar-refractivity contribution in [2.45, 2.75) is 19.5 Å². The molecule has 0 amide bonds. The number of nitrogens with zero attached hydrogens (tertiary/aromatic N) is 1. The Balaban J connectivity index is 1.71. The van der Waals surface area contributed by atoms with Crippen LogP contribution in [0.2, 0.25) is 0 Å². The van der Waals surface area contributed by atoms with Crippen molar-refractivity contribution in [2.24, 2.45) is 0 Å². The van der Waals surface area contributed by atoms with Gasteiger partial charge in [-0.25, -0.2) is 4.98 Å². The normalized spacial score (nSPS) is 11.9. The highest BCUT2D eigenvalue weighted by molar-refractivity contribution is 5.66. The monoisotopic (exact) mass is 373 g/mol. The average molecular weight is 373 g/mol. The lowest BCUT2D eigenvalue weighted by atomic mass is 10.1. The van der Waals surface area contributed by atoms with Crippen LogP contribution < -0.4 is 4.74 Å². The van der Waals surface area contributed by atoms with Crippen LogP contribution in [0.4, 0.5) is 13.2 Å². The number of rotatable bonds is 5. The number of halogens is 3. The molecule has 0 radical (unpaired) electrons. The fraction of sp³-hybridized carbons (Fsp3) is 0.190. The first-order valence-corrected chi connectivity index (χ1v) is 8.30. The topological polar surface area (TPSA) is 35.3 Å². The Morgan fingerprint density at radius 2 is 1.67 bits per heavy atom. The smallest absolute Gasteiger partial charge is 0.416 e. The fourth-order valence-corrected chi connectivity index (χ4v) is 2.57. The van der Waals surface area contributed by atoms with E-state index in [1.165, 1.54) is 12.1 Å². The van der Waals surface area contributed by atoms with Crippen LogP contribution >= 0.6 is 0 Å². The van der Waals surface area contributed by atoms with E-state index in [2.05, 4.69) is 4.98 Å². The fourth-order valence-electron chi connectivity index (χ4n) is 2.57. The third-order valence-electron chi connectivity index (χ3n) is 4.09. The molecule has 1 aromatic heterocycles. The Morgan fingerprint density at radius 1 is 1.00 bits per heavy atom. The molecule has 3 nitrogen and oxygen atoms in total. The molecule has 0 saturated carbocycles. The molecule has 0 bridgehead atoms. The maximum atomic E-state index is 12.6. The van der Waals surface area contributed by atoms with Crippen molar-refractivity contribution in [1.29, 1.82) is 0 Å². The lowest BCUT2D eigenvalue weighted by Crippen LogP contribution is -2.03. The second kappa shape index (κ2) is 7.70. The highest BCUT2D eigenvalue weighted by atomic mass is 19.4. The van der Waals surface area contributed by atoms with Crippen molar-refractivity contribution < 1.29 is 22.3 Å². The van der Waals surface area contributed by atoms with Crippen LogP contribution in [0.25, 0.3) is 12.2 Å². The van der Waals surface area contributed by atoms with Crippen molar-refractivity contribution in [3.8, 4) is 5.75 Å². The number of hydrogen-bond acceptors (Lipinski definition) is 3. The van der Waals surface area contributed by atoms with Gasteiger partial charge in [0.25, 0.3) is 0 Å².